The van der Waals surface area contributed by atoms with E-state index in [0.717, 1.165) is 36.8 Å². The number of esters is 1. The van der Waals surface area contributed by atoms with E-state index in [2.05, 4.69) is 31.0 Å². The fourth-order valence-corrected chi connectivity index (χ4v) is 4.97. The minimum Gasteiger partial charge on any atom is -0.461 e. The maximum Gasteiger partial charge on any atom is 0.326 e. The highest BCUT2D eigenvalue weighted by atomic mass is 32.1. The van der Waals surface area contributed by atoms with Gasteiger partial charge in [-0.2, -0.15) is 0 Å². The van der Waals surface area contributed by atoms with Crippen LogP contribution in [0.2, 0.25) is 0 Å². The van der Waals surface area contributed by atoms with Gasteiger partial charge in [0.1, 0.15) is 17.5 Å². The summed E-state index contributed by atoms with van der Waals surface area (Å²) in [7, 11) is 0. The Kier molecular flexibility index (Phi) is 5.81. The Bertz CT molecular complexity index is 1070. The van der Waals surface area contributed by atoms with E-state index < -0.39 is 0 Å². The van der Waals surface area contributed by atoms with Gasteiger partial charge < -0.3 is 4.74 Å². The van der Waals surface area contributed by atoms with Gasteiger partial charge in [-0.05, 0) is 42.7 Å². The highest BCUT2D eigenvalue weighted by Gasteiger charge is 2.23. The molecule has 0 unspecified atom stereocenters. The molecular formula is C23H26N2O3S. The lowest BCUT2D eigenvalue weighted by Crippen LogP contribution is -2.30. The number of thiophene rings is 1. The highest BCUT2D eigenvalue weighted by Crippen LogP contribution is 2.31. The third-order valence-electron chi connectivity index (χ3n) is 5.72. The van der Waals surface area contributed by atoms with Crippen LogP contribution in [0.15, 0.2) is 40.8 Å². The van der Waals surface area contributed by atoms with Crippen LogP contribution in [0.4, 0.5) is 0 Å². The lowest BCUT2D eigenvalue weighted by molar-refractivity contribution is -0.152. The highest BCUT2D eigenvalue weighted by molar-refractivity contribution is 7.17. The van der Waals surface area contributed by atoms with E-state index in [1.807, 2.05) is 17.5 Å². The number of carbonyl (C=O) groups excluding carboxylic acids is 1. The molecule has 6 heteroatoms. The largest absolute Gasteiger partial charge is 0.461 e. The van der Waals surface area contributed by atoms with Crippen LogP contribution < -0.4 is 5.56 Å². The molecule has 152 valence electrons. The third kappa shape index (κ3) is 4.27. The Morgan fingerprint density at radius 1 is 1.28 bits per heavy atom. The van der Waals surface area contributed by atoms with E-state index in [4.69, 9.17) is 4.74 Å². The molecule has 3 aromatic rings. The number of ether oxygens (including phenoxy) is 1. The number of hydrogen-bond donors (Lipinski definition) is 0. The molecule has 0 amide bonds. The smallest absolute Gasteiger partial charge is 0.326 e. The molecule has 0 radical (unpaired) electrons. The number of carbonyl (C=O) groups is 1. The summed E-state index contributed by atoms with van der Waals surface area (Å²) in [4.78, 5) is 30.6. The van der Waals surface area contributed by atoms with Gasteiger partial charge in [-0.1, -0.05) is 44.5 Å². The van der Waals surface area contributed by atoms with Crippen LogP contribution >= 0.6 is 11.3 Å². The lowest BCUT2D eigenvalue weighted by Gasteiger charge is -2.26. The Labute approximate surface area is 174 Å². The van der Waals surface area contributed by atoms with Gasteiger partial charge in [0.2, 0.25) is 0 Å². The van der Waals surface area contributed by atoms with Crippen LogP contribution in [0.5, 0.6) is 0 Å². The normalized spacial score (nSPS) is 19.4. The van der Waals surface area contributed by atoms with Crippen molar-refractivity contribution in [3.05, 3.63) is 51.9 Å². The van der Waals surface area contributed by atoms with Crippen molar-refractivity contribution in [3.8, 4) is 11.1 Å². The van der Waals surface area contributed by atoms with Crippen molar-refractivity contribution in [2.24, 2.45) is 5.92 Å². The van der Waals surface area contributed by atoms with Crippen molar-refractivity contribution in [3.63, 3.8) is 0 Å². The predicted molar refractivity (Wildman–Crippen MR) is 116 cm³/mol. The zero-order valence-corrected chi connectivity index (χ0v) is 17.7. The summed E-state index contributed by atoms with van der Waals surface area (Å²) in [6, 6.07) is 8.23. The van der Waals surface area contributed by atoms with E-state index >= 15 is 0 Å². The minimum absolute atomic E-state index is 0.0348. The van der Waals surface area contributed by atoms with Gasteiger partial charge in [0.05, 0.1) is 11.7 Å². The van der Waals surface area contributed by atoms with Crippen molar-refractivity contribution in [1.82, 2.24) is 9.55 Å². The molecule has 0 saturated heterocycles. The molecule has 1 aliphatic rings. The van der Waals surface area contributed by atoms with Gasteiger partial charge in [-0.15, -0.1) is 11.3 Å². The average molecular weight is 411 g/mol. The Morgan fingerprint density at radius 3 is 2.79 bits per heavy atom. The van der Waals surface area contributed by atoms with E-state index in [-0.39, 0.29) is 24.2 Å². The van der Waals surface area contributed by atoms with Crippen molar-refractivity contribution in [2.45, 2.75) is 58.6 Å². The second kappa shape index (κ2) is 8.49. The van der Waals surface area contributed by atoms with Gasteiger partial charge in [0.25, 0.3) is 5.56 Å². The molecular weight excluding hydrogens is 384 g/mol. The molecule has 1 fully saturated rings. The van der Waals surface area contributed by atoms with Crippen molar-refractivity contribution in [2.75, 3.05) is 0 Å². The fraction of sp³-hybridized carbons (Fsp3) is 0.435. The molecule has 1 saturated carbocycles. The molecule has 4 rings (SSSR count). The summed E-state index contributed by atoms with van der Waals surface area (Å²) in [5, 5.41) is 2.53. The summed E-state index contributed by atoms with van der Waals surface area (Å²) in [5.74, 6) is 0.214. The molecule has 29 heavy (non-hydrogen) atoms. The first kappa shape index (κ1) is 19.8. The molecule has 1 aliphatic carbocycles. The molecule has 2 heterocycles. The molecule has 2 atom stereocenters. The summed E-state index contributed by atoms with van der Waals surface area (Å²) in [6.07, 6.45) is 6.48. The summed E-state index contributed by atoms with van der Waals surface area (Å²) in [5.41, 5.74) is 2.92. The quantitative estimate of drug-likeness (QED) is 0.567. The van der Waals surface area contributed by atoms with Crippen LogP contribution in [-0.4, -0.2) is 21.6 Å². The number of fused-ring (bicyclic) bond motifs is 1. The molecule has 0 aliphatic heterocycles. The molecule has 1 aromatic carbocycles. The monoisotopic (exact) mass is 410 g/mol. The van der Waals surface area contributed by atoms with E-state index in [0.29, 0.717) is 16.1 Å². The predicted octanol–water partition coefficient (Wildman–Crippen LogP) is 4.81. The van der Waals surface area contributed by atoms with Gasteiger partial charge in [0.15, 0.2) is 0 Å². The fourth-order valence-electron chi connectivity index (χ4n) is 4.06. The summed E-state index contributed by atoms with van der Waals surface area (Å²) < 4.78 is 7.00. The number of aromatic nitrogens is 2. The molecule has 0 bridgehead atoms. The molecule has 2 aromatic heterocycles. The van der Waals surface area contributed by atoms with Crippen LogP contribution in [0.1, 0.15) is 45.1 Å². The summed E-state index contributed by atoms with van der Waals surface area (Å²) >= 11 is 1.45. The number of rotatable bonds is 5. The molecule has 0 spiro atoms. The average Bonchev–Trinajstić information content (AvgIpc) is 3.15. The van der Waals surface area contributed by atoms with Crippen LogP contribution in [-0.2, 0) is 22.5 Å². The molecule has 0 N–H and O–H groups in total. The SMILES string of the molecule is CCc1ccc(-c2csc3ncn(CC(=O)O[C@@H]4CCC[C@H](C)C4)c(=O)c23)cc1. The van der Waals surface area contributed by atoms with Crippen molar-refractivity contribution < 1.29 is 9.53 Å². The number of aryl methyl sites for hydroxylation is 1. The van der Waals surface area contributed by atoms with Crippen molar-refractivity contribution >= 4 is 27.5 Å². The number of nitrogens with zero attached hydrogens (tertiary/aromatic N) is 2. The van der Waals surface area contributed by atoms with E-state index in [9.17, 15) is 9.59 Å². The lowest BCUT2D eigenvalue weighted by atomic mass is 9.89. The number of benzene rings is 1. The molecule has 5 nitrogen and oxygen atoms in total. The van der Waals surface area contributed by atoms with Crippen LogP contribution in [0.25, 0.3) is 21.3 Å². The zero-order valence-electron chi connectivity index (χ0n) is 16.9. The van der Waals surface area contributed by atoms with Gasteiger partial charge in [0, 0.05) is 10.9 Å². The Hall–Kier alpha value is -2.47. The maximum atomic E-state index is 13.1. The van der Waals surface area contributed by atoms with Crippen LogP contribution in [0, 0.1) is 5.92 Å². The first-order valence-electron chi connectivity index (χ1n) is 10.3. The second-order valence-corrected chi connectivity index (χ2v) is 8.80. The third-order valence-corrected chi connectivity index (χ3v) is 6.61. The maximum absolute atomic E-state index is 13.1. The second-order valence-electron chi connectivity index (χ2n) is 7.94. The van der Waals surface area contributed by atoms with Crippen molar-refractivity contribution in [1.29, 1.82) is 0 Å². The van der Waals surface area contributed by atoms with E-state index in [1.54, 1.807) is 0 Å². The minimum atomic E-state index is -0.364. The summed E-state index contributed by atoms with van der Waals surface area (Å²) in [6.45, 7) is 4.20. The van der Waals surface area contributed by atoms with Crippen LogP contribution in [0.3, 0.4) is 0 Å². The topological polar surface area (TPSA) is 61.2 Å². The standard InChI is InChI=1S/C23H26N2O3S/c1-3-16-7-9-17(10-8-16)19-13-29-22-21(19)23(27)25(14-24-22)12-20(26)28-18-6-4-5-15(2)11-18/h7-10,13-15,18H,3-6,11-12H2,1-2H3/t15-,18+/m0/s1. The number of hydrogen-bond acceptors (Lipinski definition) is 5. The van der Waals surface area contributed by atoms with Gasteiger partial charge in [-0.25, -0.2) is 4.98 Å². The van der Waals surface area contributed by atoms with Gasteiger partial charge >= 0.3 is 5.97 Å². The van der Waals surface area contributed by atoms with Gasteiger partial charge in [-0.3, -0.25) is 14.2 Å². The first-order valence-corrected chi connectivity index (χ1v) is 11.2. The Balaban J connectivity index is 1.58. The Morgan fingerprint density at radius 2 is 2.07 bits per heavy atom. The first-order chi connectivity index (χ1) is 14.0. The van der Waals surface area contributed by atoms with E-state index in [1.165, 1.54) is 34.2 Å². The zero-order chi connectivity index (χ0) is 20.4.